The third-order valence-corrected chi connectivity index (χ3v) is 5.22. The largest absolute Gasteiger partial charge is 0.497 e. The van der Waals surface area contributed by atoms with Gasteiger partial charge in [-0.05, 0) is 55.1 Å². The van der Waals surface area contributed by atoms with Gasteiger partial charge in [0.25, 0.3) is 0 Å². The lowest BCUT2D eigenvalue weighted by molar-refractivity contribution is -0.204. The number of benzene rings is 1. The quantitative estimate of drug-likeness (QED) is 0.844. The predicted molar refractivity (Wildman–Crippen MR) is 75.2 cm³/mol. The van der Waals surface area contributed by atoms with Gasteiger partial charge in [0.15, 0.2) is 0 Å². The third-order valence-electron chi connectivity index (χ3n) is 5.22. The number of piperidine rings is 1. The van der Waals surface area contributed by atoms with Gasteiger partial charge in [0.1, 0.15) is 12.5 Å². The second-order valence-corrected chi connectivity index (χ2v) is 6.19. The minimum Gasteiger partial charge on any atom is -0.497 e. The molecule has 1 aliphatic carbocycles. The Balaban J connectivity index is 1.92. The van der Waals surface area contributed by atoms with Crippen molar-refractivity contribution >= 4 is 0 Å². The Morgan fingerprint density at radius 2 is 2.30 bits per heavy atom. The van der Waals surface area contributed by atoms with Crippen molar-refractivity contribution in [3.8, 4) is 5.75 Å². The zero-order valence-corrected chi connectivity index (χ0v) is 12.1. The first-order valence-corrected chi connectivity index (χ1v) is 7.35. The Morgan fingerprint density at radius 3 is 3.15 bits per heavy atom. The number of hydrogen-bond acceptors (Lipinski definition) is 4. The van der Waals surface area contributed by atoms with Crippen LogP contribution in [0.4, 0.5) is 0 Å². The van der Waals surface area contributed by atoms with Gasteiger partial charge in [0, 0.05) is 11.5 Å². The van der Waals surface area contributed by atoms with E-state index in [1.54, 1.807) is 7.11 Å². The molecule has 0 aromatic heterocycles. The second kappa shape index (κ2) is 4.45. The van der Waals surface area contributed by atoms with Crippen LogP contribution in [0, 0.1) is 6.92 Å². The maximum Gasteiger partial charge on any atom is 0.147 e. The molecule has 108 valence electrons. The van der Waals surface area contributed by atoms with E-state index in [4.69, 9.17) is 14.2 Å². The van der Waals surface area contributed by atoms with Gasteiger partial charge < -0.3 is 19.5 Å². The first-order valence-electron chi connectivity index (χ1n) is 7.35. The number of rotatable bonds is 1. The summed E-state index contributed by atoms with van der Waals surface area (Å²) >= 11 is 0. The van der Waals surface area contributed by atoms with Gasteiger partial charge in [-0.1, -0.05) is 0 Å². The van der Waals surface area contributed by atoms with E-state index in [2.05, 4.69) is 24.4 Å². The predicted octanol–water partition coefficient (Wildman–Crippen LogP) is 1.53. The first kappa shape index (κ1) is 12.6. The number of hydrogen-bond donors (Lipinski definition) is 1. The zero-order valence-electron chi connectivity index (χ0n) is 12.1. The van der Waals surface area contributed by atoms with E-state index in [9.17, 15) is 0 Å². The molecule has 1 N–H and O–H groups in total. The Hall–Kier alpha value is -1.10. The second-order valence-electron chi connectivity index (χ2n) is 6.19. The highest BCUT2D eigenvalue weighted by Crippen LogP contribution is 2.47. The van der Waals surface area contributed by atoms with Crippen LogP contribution in [-0.2, 0) is 21.3 Å². The Morgan fingerprint density at radius 1 is 1.40 bits per heavy atom. The van der Waals surface area contributed by atoms with Crippen LogP contribution in [0.2, 0.25) is 0 Å². The molecule has 20 heavy (non-hydrogen) atoms. The molecule has 0 unspecified atom stereocenters. The number of aryl methyl sites for hydroxylation is 1. The highest BCUT2D eigenvalue weighted by atomic mass is 16.7. The molecule has 3 atom stereocenters. The summed E-state index contributed by atoms with van der Waals surface area (Å²) in [6.07, 6.45) is 2.33. The summed E-state index contributed by atoms with van der Waals surface area (Å²) in [6, 6.07) is 4.75. The highest BCUT2D eigenvalue weighted by molar-refractivity contribution is 5.50. The van der Waals surface area contributed by atoms with Crippen molar-refractivity contribution in [1.82, 2.24) is 5.32 Å². The molecule has 2 aliphatic heterocycles. The van der Waals surface area contributed by atoms with Crippen molar-refractivity contribution in [2.75, 3.05) is 27.1 Å². The number of methoxy groups -OCH3 is 1. The van der Waals surface area contributed by atoms with Crippen LogP contribution in [0.5, 0.6) is 5.75 Å². The lowest BCUT2D eigenvalue weighted by atomic mass is 9.62. The van der Waals surface area contributed by atoms with Crippen LogP contribution in [0.25, 0.3) is 0 Å². The van der Waals surface area contributed by atoms with Gasteiger partial charge in [-0.2, -0.15) is 0 Å². The van der Waals surface area contributed by atoms with Crippen molar-refractivity contribution in [3.05, 3.63) is 28.8 Å². The van der Waals surface area contributed by atoms with Gasteiger partial charge >= 0.3 is 0 Å². The molecule has 1 aromatic carbocycles. The van der Waals surface area contributed by atoms with E-state index >= 15 is 0 Å². The number of nitrogens with one attached hydrogen (secondary N) is 1. The Bertz CT molecular complexity index is 541. The molecule has 0 amide bonds. The Labute approximate surface area is 119 Å². The molecule has 4 rings (SSSR count). The molecule has 0 radical (unpaired) electrons. The van der Waals surface area contributed by atoms with Gasteiger partial charge in [0.05, 0.1) is 19.8 Å². The lowest BCUT2D eigenvalue weighted by Crippen LogP contribution is -2.66. The van der Waals surface area contributed by atoms with E-state index in [-0.39, 0.29) is 11.5 Å². The monoisotopic (exact) mass is 275 g/mol. The van der Waals surface area contributed by atoms with Crippen LogP contribution in [0.3, 0.4) is 0 Å². The summed E-state index contributed by atoms with van der Waals surface area (Å²) in [6.45, 7) is 4.39. The van der Waals surface area contributed by atoms with Crippen molar-refractivity contribution in [3.63, 3.8) is 0 Å². The molecule has 2 heterocycles. The molecule has 4 heteroatoms. The average molecular weight is 275 g/mol. The normalized spacial score (nSPS) is 35.1. The molecule has 2 fully saturated rings. The van der Waals surface area contributed by atoms with E-state index in [1.165, 1.54) is 16.7 Å². The maximum absolute atomic E-state index is 5.98. The summed E-state index contributed by atoms with van der Waals surface area (Å²) in [5.41, 5.74) is 4.16. The first-order chi connectivity index (χ1) is 9.74. The van der Waals surface area contributed by atoms with Crippen molar-refractivity contribution in [2.24, 2.45) is 0 Å². The fraction of sp³-hybridized carbons (Fsp3) is 0.625. The number of fused-ring (bicyclic) bond motifs is 1. The smallest absolute Gasteiger partial charge is 0.147 e. The van der Waals surface area contributed by atoms with E-state index in [1.807, 2.05) is 0 Å². The topological polar surface area (TPSA) is 39.7 Å². The maximum atomic E-state index is 5.98. The molecule has 4 nitrogen and oxygen atoms in total. The molecule has 0 saturated carbocycles. The fourth-order valence-corrected chi connectivity index (χ4v) is 4.27. The van der Waals surface area contributed by atoms with Gasteiger partial charge in [0.2, 0.25) is 0 Å². The molecule has 1 aromatic rings. The van der Waals surface area contributed by atoms with Crippen LogP contribution in [0.15, 0.2) is 12.1 Å². The minimum absolute atomic E-state index is 0.00104. The summed E-state index contributed by atoms with van der Waals surface area (Å²) in [5.74, 6) is 0.942. The molecule has 0 spiro atoms. The van der Waals surface area contributed by atoms with Crippen LogP contribution >= 0.6 is 0 Å². The van der Waals surface area contributed by atoms with Gasteiger partial charge in [-0.3, -0.25) is 0 Å². The van der Waals surface area contributed by atoms with Crippen LogP contribution < -0.4 is 10.1 Å². The molecule has 3 aliphatic rings. The standard InChI is InChI=1S/C16H21NO3/c1-10-5-11(18-2)6-13-12(10)7-14-15-16(13,3-4-17-14)8-19-9-20-15/h5-6,14-15,17H,3-4,7-9H2,1-2H3/t14-,15+,16-/m1/s1. The fourth-order valence-electron chi connectivity index (χ4n) is 4.27. The summed E-state index contributed by atoms with van der Waals surface area (Å²) < 4.78 is 17.2. The molecule has 2 bridgehead atoms. The molecular formula is C16H21NO3. The van der Waals surface area contributed by atoms with Crippen molar-refractivity contribution in [1.29, 1.82) is 0 Å². The molecule has 2 saturated heterocycles. The lowest BCUT2D eigenvalue weighted by Gasteiger charge is -2.54. The third kappa shape index (κ3) is 1.59. The highest BCUT2D eigenvalue weighted by Gasteiger charge is 2.54. The number of ether oxygens (including phenoxy) is 3. The SMILES string of the molecule is COc1cc(C)c2c(c1)[C@]13CCN[C@H](C2)[C@@H]1OCOC3. The van der Waals surface area contributed by atoms with E-state index in [0.29, 0.717) is 12.8 Å². The summed E-state index contributed by atoms with van der Waals surface area (Å²) in [7, 11) is 1.73. The Kier molecular flexibility index (Phi) is 2.81. The average Bonchev–Trinajstić information content (AvgIpc) is 2.48. The minimum atomic E-state index is 0.00104. The van der Waals surface area contributed by atoms with Crippen LogP contribution in [0.1, 0.15) is 23.1 Å². The zero-order chi connectivity index (χ0) is 13.7. The van der Waals surface area contributed by atoms with Gasteiger partial charge in [-0.25, -0.2) is 0 Å². The van der Waals surface area contributed by atoms with Crippen molar-refractivity contribution < 1.29 is 14.2 Å². The summed E-state index contributed by atoms with van der Waals surface area (Å²) in [5, 5.41) is 3.63. The van der Waals surface area contributed by atoms with E-state index in [0.717, 1.165) is 31.7 Å². The van der Waals surface area contributed by atoms with Crippen LogP contribution in [-0.4, -0.2) is 39.2 Å². The summed E-state index contributed by atoms with van der Waals surface area (Å²) in [4.78, 5) is 0. The van der Waals surface area contributed by atoms with Crippen molar-refractivity contribution in [2.45, 2.75) is 37.3 Å². The van der Waals surface area contributed by atoms with Gasteiger partial charge in [-0.15, -0.1) is 0 Å². The molecular weight excluding hydrogens is 254 g/mol. The van der Waals surface area contributed by atoms with E-state index < -0.39 is 0 Å².